The van der Waals surface area contributed by atoms with E-state index in [0.717, 1.165) is 16.3 Å². The van der Waals surface area contributed by atoms with E-state index in [9.17, 15) is 5.11 Å². The minimum atomic E-state index is 0.114. The normalized spacial score (nSPS) is 11.8. The van der Waals surface area contributed by atoms with Gasteiger partial charge < -0.3 is 10.8 Å². The number of phenols is 1. The highest BCUT2D eigenvalue weighted by Gasteiger charge is 2.17. The predicted octanol–water partition coefficient (Wildman–Crippen LogP) is 3.45. The van der Waals surface area contributed by atoms with E-state index >= 15 is 0 Å². The maximum Gasteiger partial charge on any atom is 0.165 e. The van der Waals surface area contributed by atoms with Crippen molar-refractivity contribution in [3.05, 3.63) is 47.1 Å². The van der Waals surface area contributed by atoms with Gasteiger partial charge in [0.15, 0.2) is 5.65 Å². The Morgan fingerprint density at radius 2 is 2.12 bits per heavy atom. The first kappa shape index (κ1) is 13.5. The number of hydrogen-bond acceptors (Lipinski definition) is 6. The summed E-state index contributed by atoms with van der Waals surface area (Å²) in [6.45, 7) is 3.73. The van der Waals surface area contributed by atoms with Gasteiger partial charge in [-0.3, -0.25) is 4.57 Å². The summed E-state index contributed by atoms with van der Waals surface area (Å²) in [5, 5.41) is 12.7. The van der Waals surface area contributed by atoms with Gasteiger partial charge in [0.25, 0.3) is 0 Å². The fourth-order valence-electron chi connectivity index (χ4n) is 2.77. The molecular weight excluding hydrogens is 322 g/mol. The molecule has 3 aromatic heterocycles. The third-order valence-corrected chi connectivity index (χ3v) is 4.73. The smallest absolute Gasteiger partial charge is 0.165 e. The summed E-state index contributed by atoms with van der Waals surface area (Å²) in [6.07, 6.45) is 3.33. The molecule has 0 bridgehead atoms. The van der Waals surface area contributed by atoms with Crippen LogP contribution in [0.4, 0.5) is 5.82 Å². The average Bonchev–Trinajstić information content (AvgIpc) is 3.22. The molecule has 6 nitrogen and oxygen atoms in total. The van der Waals surface area contributed by atoms with Gasteiger partial charge in [-0.15, -0.1) is 11.3 Å². The number of aromatic nitrogens is 4. The second-order valence-corrected chi connectivity index (χ2v) is 6.38. The van der Waals surface area contributed by atoms with Gasteiger partial charge in [0.05, 0.1) is 13.3 Å². The highest BCUT2D eigenvalue weighted by molar-refractivity contribution is 7.13. The van der Waals surface area contributed by atoms with Gasteiger partial charge in [0.2, 0.25) is 0 Å². The Bertz CT molecular complexity index is 1100. The number of aromatic hydroxyl groups is 1. The zero-order chi connectivity index (χ0) is 17.7. The third-order valence-electron chi connectivity index (χ3n) is 3.93. The molecule has 3 heterocycles. The second-order valence-electron chi connectivity index (χ2n) is 5.49. The molecule has 0 radical (unpaired) electrons. The van der Waals surface area contributed by atoms with Crippen LogP contribution >= 0.6 is 11.3 Å². The first-order chi connectivity index (χ1) is 12.0. The SMILES string of the molecule is [2H]c1c(N)n(-c2c(C)ccc(O)c2C)c2ncc(-c3nccs3)nc12. The Kier molecular flexibility index (Phi) is 2.99. The number of rotatable bonds is 2. The molecule has 120 valence electrons. The van der Waals surface area contributed by atoms with Crippen molar-refractivity contribution >= 4 is 28.3 Å². The van der Waals surface area contributed by atoms with E-state index in [2.05, 4.69) is 15.0 Å². The molecule has 0 unspecified atom stereocenters. The number of nitrogens with zero attached hydrogens (tertiary/aromatic N) is 4. The molecule has 0 aliphatic heterocycles. The lowest BCUT2D eigenvalue weighted by Gasteiger charge is -2.14. The molecule has 0 saturated heterocycles. The molecule has 3 N–H and O–H groups in total. The molecule has 0 fully saturated rings. The molecule has 0 saturated carbocycles. The van der Waals surface area contributed by atoms with Crippen LogP contribution in [0, 0.1) is 13.8 Å². The first-order valence-corrected chi connectivity index (χ1v) is 8.20. The average molecular weight is 338 g/mol. The standard InChI is InChI=1S/C17H15N5OS/c1-9-3-4-13(23)10(2)15(9)22-14(18)7-11-16(22)20-8-12(21-11)17-19-5-6-24-17/h3-8,23H,18H2,1-2H3/i7D. The molecule has 24 heavy (non-hydrogen) atoms. The number of fused-ring (bicyclic) bond motifs is 1. The van der Waals surface area contributed by atoms with Crippen molar-refractivity contribution in [1.29, 1.82) is 0 Å². The summed E-state index contributed by atoms with van der Waals surface area (Å²) in [6, 6.07) is 3.57. The zero-order valence-corrected chi connectivity index (χ0v) is 13.9. The molecule has 7 heteroatoms. The van der Waals surface area contributed by atoms with E-state index in [0.29, 0.717) is 22.4 Å². The van der Waals surface area contributed by atoms with Crippen LogP contribution in [0.15, 0.2) is 35.9 Å². The lowest BCUT2D eigenvalue weighted by molar-refractivity contribution is 0.470. The Hall–Kier alpha value is -2.93. The maximum absolute atomic E-state index is 10.1. The number of nitrogens with two attached hydrogens (primary N) is 1. The van der Waals surface area contributed by atoms with Crippen LogP contribution in [0.5, 0.6) is 5.75 Å². The second kappa shape index (κ2) is 5.31. The minimum Gasteiger partial charge on any atom is -0.508 e. The fraction of sp³-hybridized carbons (Fsp3) is 0.118. The topological polar surface area (TPSA) is 89.8 Å². The predicted molar refractivity (Wildman–Crippen MR) is 95.5 cm³/mol. The van der Waals surface area contributed by atoms with Gasteiger partial charge in [-0.1, -0.05) is 6.07 Å². The van der Waals surface area contributed by atoms with Gasteiger partial charge >= 0.3 is 0 Å². The van der Waals surface area contributed by atoms with Crippen molar-refractivity contribution in [2.24, 2.45) is 0 Å². The number of hydrogen-bond donors (Lipinski definition) is 2. The summed E-state index contributed by atoms with van der Waals surface area (Å²) in [5.74, 6) is 0.406. The molecule has 4 rings (SSSR count). The Morgan fingerprint density at radius 3 is 2.88 bits per heavy atom. The van der Waals surface area contributed by atoms with Crippen LogP contribution in [0.3, 0.4) is 0 Å². The molecule has 0 atom stereocenters. The number of anilines is 1. The summed E-state index contributed by atoms with van der Waals surface area (Å²) in [7, 11) is 0. The van der Waals surface area contributed by atoms with Crippen molar-refractivity contribution in [2.45, 2.75) is 13.8 Å². The number of phenolic OH excluding ortho intramolecular Hbond substituents is 1. The lowest BCUT2D eigenvalue weighted by Crippen LogP contribution is -2.05. The molecule has 0 aliphatic rings. The third kappa shape index (κ3) is 2.13. The highest BCUT2D eigenvalue weighted by Crippen LogP contribution is 2.32. The molecular formula is C17H15N5OS. The summed E-state index contributed by atoms with van der Waals surface area (Å²) in [4.78, 5) is 13.3. The van der Waals surface area contributed by atoms with Gasteiger partial charge in [-0.2, -0.15) is 0 Å². The monoisotopic (exact) mass is 338 g/mol. The van der Waals surface area contributed by atoms with E-state index in [4.69, 9.17) is 7.10 Å². The van der Waals surface area contributed by atoms with Crippen molar-refractivity contribution < 1.29 is 6.48 Å². The van der Waals surface area contributed by atoms with Gasteiger partial charge in [-0.25, -0.2) is 15.0 Å². The van der Waals surface area contributed by atoms with E-state index in [1.165, 1.54) is 11.3 Å². The van der Waals surface area contributed by atoms with Gasteiger partial charge in [0, 0.05) is 23.2 Å². The van der Waals surface area contributed by atoms with Crippen molar-refractivity contribution in [2.75, 3.05) is 5.73 Å². The first-order valence-electron chi connectivity index (χ1n) is 7.82. The zero-order valence-electron chi connectivity index (χ0n) is 14.1. The van der Waals surface area contributed by atoms with Gasteiger partial charge in [-0.05, 0) is 25.5 Å². The van der Waals surface area contributed by atoms with Crippen LogP contribution in [0.25, 0.3) is 27.6 Å². The highest BCUT2D eigenvalue weighted by atomic mass is 32.1. The Morgan fingerprint density at radius 1 is 1.29 bits per heavy atom. The van der Waals surface area contributed by atoms with Crippen molar-refractivity contribution in [3.63, 3.8) is 0 Å². The van der Waals surface area contributed by atoms with Crippen LogP contribution in [-0.4, -0.2) is 24.6 Å². The van der Waals surface area contributed by atoms with Crippen molar-refractivity contribution in [3.8, 4) is 22.1 Å². The fourth-order valence-corrected chi connectivity index (χ4v) is 3.36. The molecule has 0 aliphatic carbocycles. The van der Waals surface area contributed by atoms with E-state index < -0.39 is 0 Å². The maximum atomic E-state index is 10.1. The summed E-state index contributed by atoms with van der Waals surface area (Å²) >= 11 is 1.46. The minimum absolute atomic E-state index is 0.114. The number of thiazole rings is 1. The largest absolute Gasteiger partial charge is 0.508 e. The van der Waals surface area contributed by atoms with Crippen LogP contribution in [-0.2, 0) is 0 Å². The van der Waals surface area contributed by atoms with E-state index in [1.807, 2.05) is 25.3 Å². The number of nitrogen functional groups attached to an aromatic ring is 1. The van der Waals surface area contributed by atoms with E-state index in [1.54, 1.807) is 23.0 Å². The van der Waals surface area contributed by atoms with Crippen LogP contribution < -0.4 is 5.73 Å². The molecule has 0 spiro atoms. The quantitative estimate of drug-likeness (QED) is 0.584. The molecule has 1 aromatic carbocycles. The molecule has 4 aromatic rings. The lowest BCUT2D eigenvalue weighted by atomic mass is 10.1. The molecule has 0 amide bonds. The summed E-state index contributed by atoms with van der Waals surface area (Å²) in [5.41, 5.74) is 10.0. The van der Waals surface area contributed by atoms with Crippen LogP contribution in [0.1, 0.15) is 12.5 Å². The van der Waals surface area contributed by atoms with Crippen LogP contribution in [0.2, 0.25) is 0 Å². The van der Waals surface area contributed by atoms with Crippen molar-refractivity contribution in [1.82, 2.24) is 19.5 Å². The van der Waals surface area contributed by atoms with Gasteiger partial charge in [0.1, 0.15) is 27.8 Å². The Balaban J connectivity index is 2.04. The van der Waals surface area contributed by atoms with E-state index in [-0.39, 0.29) is 17.6 Å². The summed E-state index contributed by atoms with van der Waals surface area (Å²) < 4.78 is 10.0. The Labute approximate surface area is 143 Å². The number of benzene rings is 1. The number of aryl methyl sites for hydroxylation is 1.